The summed E-state index contributed by atoms with van der Waals surface area (Å²) in [6.07, 6.45) is 4.04. The van der Waals surface area contributed by atoms with Gasteiger partial charge in [0.2, 0.25) is 0 Å². The molecule has 0 radical (unpaired) electrons. The third kappa shape index (κ3) is 2.21. The second kappa shape index (κ2) is 2.76. The van der Waals surface area contributed by atoms with Gasteiger partial charge in [-0.1, -0.05) is 43.6 Å². The molecular formula is C10H19Br. The van der Waals surface area contributed by atoms with E-state index in [-0.39, 0.29) is 0 Å². The van der Waals surface area contributed by atoms with E-state index in [1.807, 2.05) is 0 Å². The second-order valence-corrected chi connectivity index (χ2v) is 6.44. The molecule has 0 amide bonds. The zero-order chi connectivity index (χ0) is 8.70. The smallest absolute Gasteiger partial charge is 0.0197 e. The predicted octanol–water partition coefficient (Wildman–Crippen LogP) is 3.99. The molecule has 0 aromatic rings. The first-order chi connectivity index (χ1) is 4.83. The molecule has 0 aromatic carbocycles. The van der Waals surface area contributed by atoms with Crippen molar-refractivity contribution in [3.8, 4) is 0 Å². The van der Waals surface area contributed by atoms with Gasteiger partial charge in [-0.05, 0) is 30.1 Å². The van der Waals surface area contributed by atoms with Crippen LogP contribution >= 0.6 is 15.9 Å². The minimum absolute atomic E-state index is 0.488. The maximum Gasteiger partial charge on any atom is 0.0197 e. The lowest BCUT2D eigenvalue weighted by Gasteiger charge is -2.44. The minimum atomic E-state index is 0.488. The summed E-state index contributed by atoms with van der Waals surface area (Å²) in [5, 5.41) is 0. The van der Waals surface area contributed by atoms with Crippen molar-refractivity contribution in [1.82, 2.24) is 0 Å². The predicted molar refractivity (Wildman–Crippen MR) is 54.1 cm³/mol. The zero-order valence-corrected chi connectivity index (χ0v) is 9.66. The van der Waals surface area contributed by atoms with E-state index >= 15 is 0 Å². The van der Waals surface area contributed by atoms with Gasteiger partial charge in [-0.15, -0.1) is 0 Å². The Morgan fingerprint density at radius 1 is 1.18 bits per heavy atom. The van der Waals surface area contributed by atoms with Crippen LogP contribution in [-0.2, 0) is 0 Å². The Morgan fingerprint density at radius 2 is 1.73 bits per heavy atom. The van der Waals surface area contributed by atoms with Crippen LogP contribution in [0.15, 0.2) is 0 Å². The molecule has 1 aliphatic rings. The fourth-order valence-corrected chi connectivity index (χ4v) is 2.73. The number of rotatable bonds is 0. The van der Waals surface area contributed by atoms with Gasteiger partial charge in [0.05, 0.1) is 0 Å². The molecule has 1 fully saturated rings. The van der Waals surface area contributed by atoms with E-state index < -0.39 is 0 Å². The van der Waals surface area contributed by atoms with Gasteiger partial charge in [-0.2, -0.15) is 0 Å². The molecule has 0 heterocycles. The average Bonchev–Trinajstić information content (AvgIpc) is 1.77. The van der Waals surface area contributed by atoms with Gasteiger partial charge < -0.3 is 0 Å². The summed E-state index contributed by atoms with van der Waals surface area (Å²) in [6, 6.07) is 0. The monoisotopic (exact) mass is 218 g/mol. The van der Waals surface area contributed by atoms with Gasteiger partial charge >= 0.3 is 0 Å². The van der Waals surface area contributed by atoms with Gasteiger partial charge in [0.25, 0.3) is 0 Å². The summed E-state index contributed by atoms with van der Waals surface area (Å²) in [5.74, 6) is 0. The highest BCUT2D eigenvalue weighted by Crippen LogP contribution is 2.48. The summed E-state index contributed by atoms with van der Waals surface area (Å²) in [4.78, 5) is 0.725. The summed E-state index contributed by atoms with van der Waals surface area (Å²) in [7, 11) is 0. The van der Waals surface area contributed by atoms with Crippen molar-refractivity contribution in [3.63, 3.8) is 0 Å². The number of halogens is 1. The molecule has 0 bridgehead atoms. The van der Waals surface area contributed by atoms with Crippen molar-refractivity contribution in [2.75, 3.05) is 0 Å². The summed E-state index contributed by atoms with van der Waals surface area (Å²) < 4.78 is 0. The molecule has 0 aromatic heterocycles. The number of hydrogen-bond acceptors (Lipinski definition) is 0. The standard InChI is InChI=1S/C10H19Br/c1-9(2)6-5-8(11)10(3,4)7-9/h8H,5-7H2,1-4H3. The third-order valence-corrected chi connectivity index (χ3v) is 4.55. The van der Waals surface area contributed by atoms with Gasteiger partial charge in [-0.25, -0.2) is 0 Å². The normalized spacial score (nSPS) is 35.2. The van der Waals surface area contributed by atoms with E-state index in [0.29, 0.717) is 10.8 Å². The van der Waals surface area contributed by atoms with Crippen molar-refractivity contribution in [3.05, 3.63) is 0 Å². The molecule has 0 aliphatic heterocycles. The molecule has 1 atom stereocenters. The Bertz CT molecular complexity index is 147. The van der Waals surface area contributed by atoms with E-state index in [1.54, 1.807) is 0 Å². The fraction of sp³-hybridized carbons (Fsp3) is 1.00. The van der Waals surface area contributed by atoms with E-state index in [2.05, 4.69) is 43.6 Å². The van der Waals surface area contributed by atoms with E-state index in [0.717, 1.165) is 4.83 Å². The molecule has 0 spiro atoms. The van der Waals surface area contributed by atoms with Crippen molar-refractivity contribution >= 4 is 15.9 Å². The molecule has 1 heteroatoms. The van der Waals surface area contributed by atoms with Crippen molar-refractivity contribution in [2.24, 2.45) is 10.8 Å². The van der Waals surface area contributed by atoms with Crippen LogP contribution in [0.3, 0.4) is 0 Å². The first-order valence-corrected chi connectivity index (χ1v) is 5.39. The lowest BCUT2D eigenvalue weighted by molar-refractivity contribution is 0.126. The van der Waals surface area contributed by atoms with Crippen LogP contribution in [0.25, 0.3) is 0 Å². The second-order valence-electron chi connectivity index (χ2n) is 5.34. The van der Waals surface area contributed by atoms with Gasteiger partial charge in [0.1, 0.15) is 0 Å². The maximum atomic E-state index is 3.76. The van der Waals surface area contributed by atoms with Crippen LogP contribution in [-0.4, -0.2) is 4.83 Å². The molecular weight excluding hydrogens is 200 g/mol. The first-order valence-electron chi connectivity index (χ1n) is 4.48. The Hall–Kier alpha value is 0.480. The molecule has 0 nitrogen and oxygen atoms in total. The Balaban J connectivity index is 2.67. The molecule has 1 rings (SSSR count). The zero-order valence-electron chi connectivity index (χ0n) is 8.08. The van der Waals surface area contributed by atoms with Crippen molar-refractivity contribution < 1.29 is 0 Å². The maximum absolute atomic E-state index is 3.76. The highest BCUT2D eigenvalue weighted by Gasteiger charge is 2.38. The lowest BCUT2D eigenvalue weighted by atomic mass is 9.65. The van der Waals surface area contributed by atoms with Gasteiger partial charge in [0.15, 0.2) is 0 Å². The largest absolute Gasteiger partial charge is 0.0885 e. The Morgan fingerprint density at radius 3 is 2.09 bits per heavy atom. The van der Waals surface area contributed by atoms with E-state index in [1.165, 1.54) is 19.3 Å². The minimum Gasteiger partial charge on any atom is -0.0885 e. The summed E-state index contributed by atoms with van der Waals surface area (Å²) in [6.45, 7) is 9.50. The third-order valence-electron chi connectivity index (χ3n) is 2.86. The molecule has 1 saturated carbocycles. The SMILES string of the molecule is CC1(C)CCC(Br)C(C)(C)C1. The van der Waals surface area contributed by atoms with Crippen LogP contribution in [0.2, 0.25) is 0 Å². The number of alkyl halides is 1. The molecule has 0 N–H and O–H groups in total. The Kier molecular flexibility index (Phi) is 2.40. The van der Waals surface area contributed by atoms with Crippen molar-refractivity contribution in [2.45, 2.75) is 51.8 Å². The highest BCUT2D eigenvalue weighted by atomic mass is 79.9. The first kappa shape index (κ1) is 9.57. The highest BCUT2D eigenvalue weighted by molar-refractivity contribution is 9.09. The molecule has 1 aliphatic carbocycles. The summed E-state index contributed by atoms with van der Waals surface area (Å²) >= 11 is 3.76. The van der Waals surface area contributed by atoms with Crippen LogP contribution in [0.4, 0.5) is 0 Å². The average molecular weight is 219 g/mol. The van der Waals surface area contributed by atoms with E-state index in [4.69, 9.17) is 0 Å². The summed E-state index contributed by atoms with van der Waals surface area (Å²) in [5.41, 5.74) is 1.05. The van der Waals surface area contributed by atoms with Crippen LogP contribution < -0.4 is 0 Å². The fourth-order valence-electron chi connectivity index (χ4n) is 2.34. The molecule has 1 unspecified atom stereocenters. The lowest BCUT2D eigenvalue weighted by Crippen LogP contribution is -2.36. The molecule has 0 saturated heterocycles. The molecule has 11 heavy (non-hydrogen) atoms. The quantitative estimate of drug-likeness (QED) is 0.540. The van der Waals surface area contributed by atoms with Gasteiger partial charge in [-0.3, -0.25) is 0 Å². The molecule has 66 valence electrons. The van der Waals surface area contributed by atoms with Crippen LogP contribution in [0, 0.1) is 10.8 Å². The van der Waals surface area contributed by atoms with E-state index in [9.17, 15) is 0 Å². The van der Waals surface area contributed by atoms with Gasteiger partial charge in [0, 0.05) is 4.83 Å². The topological polar surface area (TPSA) is 0 Å². The Labute approximate surface area is 78.9 Å². The van der Waals surface area contributed by atoms with Crippen molar-refractivity contribution in [1.29, 1.82) is 0 Å². The number of hydrogen-bond donors (Lipinski definition) is 0. The van der Waals surface area contributed by atoms with Crippen LogP contribution in [0.1, 0.15) is 47.0 Å². The van der Waals surface area contributed by atoms with Crippen LogP contribution in [0.5, 0.6) is 0 Å².